The van der Waals surface area contributed by atoms with E-state index in [1.807, 2.05) is 6.92 Å². The quantitative estimate of drug-likeness (QED) is 0.758. The van der Waals surface area contributed by atoms with Gasteiger partial charge in [-0.15, -0.1) is 0 Å². The van der Waals surface area contributed by atoms with E-state index in [0.717, 1.165) is 19.3 Å². The topological polar surface area (TPSA) is 46.5 Å². The predicted molar refractivity (Wildman–Crippen MR) is 54.2 cm³/mol. The zero-order valence-corrected chi connectivity index (χ0v) is 9.08. The highest BCUT2D eigenvalue weighted by molar-refractivity contribution is 5.77. The third-order valence-electron chi connectivity index (χ3n) is 3.30. The Hall–Kier alpha value is -0.570. The first-order valence-corrected chi connectivity index (χ1v) is 5.52. The van der Waals surface area contributed by atoms with Crippen LogP contribution < -0.4 is 0 Å². The van der Waals surface area contributed by atoms with Gasteiger partial charge in [0.2, 0.25) is 0 Å². The van der Waals surface area contributed by atoms with Crippen molar-refractivity contribution in [2.24, 2.45) is 5.92 Å². The van der Waals surface area contributed by atoms with Crippen molar-refractivity contribution in [2.45, 2.75) is 51.6 Å². The van der Waals surface area contributed by atoms with Gasteiger partial charge in [-0.1, -0.05) is 13.3 Å². The van der Waals surface area contributed by atoms with Gasteiger partial charge in [0.15, 0.2) is 5.60 Å². The molecule has 1 aliphatic rings. The Balaban J connectivity index is 2.59. The first kappa shape index (κ1) is 11.5. The molecule has 0 aromatic heterocycles. The summed E-state index contributed by atoms with van der Waals surface area (Å²) in [5, 5.41) is 9.15. The van der Waals surface area contributed by atoms with Gasteiger partial charge in [0.05, 0.1) is 0 Å². The van der Waals surface area contributed by atoms with E-state index in [9.17, 15) is 4.79 Å². The molecule has 0 atom stereocenters. The van der Waals surface area contributed by atoms with Crippen LogP contribution in [0.2, 0.25) is 0 Å². The molecule has 0 unspecified atom stereocenters. The average Bonchev–Trinajstić information content (AvgIpc) is 2.19. The summed E-state index contributed by atoms with van der Waals surface area (Å²) in [5.41, 5.74) is -0.875. The number of hydrogen-bond acceptors (Lipinski definition) is 2. The third-order valence-corrected chi connectivity index (χ3v) is 3.30. The largest absolute Gasteiger partial charge is 0.479 e. The lowest BCUT2D eigenvalue weighted by Crippen LogP contribution is -2.44. The fraction of sp³-hybridized carbons (Fsp3) is 0.909. The lowest BCUT2D eigenvalue weighted by Gasteiger charge is -2.36. The van der Waals surface area contributed by atoms with Crippen LogP contribution in [0, 0.1) is 5.92 Å². The summed E-state index contributed by atoms with van der Waals surface area (Å²) in [4.78, 5) is 11.1. The van der Waals surface area contributed by atoms with E-state index in [4.69, 9.17) is 9.84 Å². The van der Waals surface area contributed by atoms with Crippen LogP contribution in [0.25, 0.3) is 0 Å². The second-order valence-electron chi connectivity index (χ2n) is 4.08. The highest BCUT2D eigenvalue weighted by Gasteiger charge is 2.42. The molecule has 0 aromatic rings. The summed E-state index contributed by atoms with van der Waals surface area (Å²) in [6.07, 6.45) is 4.48. The standard InChI is InChI=1S/C11H20O3/c1-3-9-5-7-11(8-6-9,10(12)13)14-4-2/h9H,3-8H2,1-2H3,(H,12,13). The van der Waals surface area contributed by atoms with Gasteiger partial charge in [-0.25, -0.2) is 4.79 Å². The zero-order valence-electron chi connectivity index (χ0n) is 9.08. The first-order valence-electron chi connectivity index (χ1n) is 5.52. The minimum absolute atomic E-state index is 0.489. The number of carbonyl (C=O) groups is 1. The van der Waals surface area contributed by atoms with E-state index in [0.29, 0.717) is 25.4 Å². The van der Waals surface area contributed by atoms with Crippen LogP contribution in [0.15, 0.2) is 0 Å². The molecule has 82 valence electrons. The maximum absolute atomic E-state index is 11.1. The first-order chi connectivity index (χ1) is 6.64. The SMILES string of the molecule is CCOC1(C(=O)O)CCC(CC)CC1. The molecule has 0 radical (unpaired) electrons. The molecule has 3 nitrogen and oxygen atoms in total. The van der Waals surface area contributed by atoms with Gasteiger partial charge < -0.3 is 9.84 Å². The summed E-state index contributed by atoms with van der Waals surface area (Å²) < 4.78 is 5.43. The molecule has 1 fully saturated rings. The van der Waals surface area contributed by atoms with Gasteiger partial charge in [0.1, 0.15) is 0 Å². The Labute approximate surface area is 85.5 Å². The second-order valence-corrected chi connectivity index (χ2v) is 4.08. The number of ether oxygens (including phenoxy) is 1. The van der Waals surface area contributed by atoms with E-state index < -0.39 is 11.6 Å². The summed E-state index contributed by atoms with van der Waals surface area (Å²) >= 11 is 0. The van der Waals surface area contributed by atoms with Gasteiger partial charge >= 0.3 is 5.97 Å². The molecule has 0 spiro atoms. The monoisotopic (exact) mass is 200 g/mol. The maximum Gasteiger partial charge on any atom is 0.335 e. The van der Waals surface area contributed by atoms with Crippen LogP contribution in [0.3, 0.4) is 0 Å². The number of rotatable bonds is 4. The van der Waals surface area contributed by atoms with Crippen molar-refractivity contribution >= 4 is 5.97 Å². The van der Waals surface area contributed by atoms with E-state index in [2.05, 4.69) is 6.92 Å². The molecule has 0 heterocycles. The lowest BCUT2D eigenvalue weighted by molar-refractivity contribution is -0.171. The molecular weight excluding hydrogens is 180 g/mol. The molecule has 1 rings (SSSR count). The molecule has 1 aliphatic carbocycles. The summed E-state index contributed by atoms with van der Waals surface area (Å²) in [6.45, 7) is 4.51. The van der Waals surface area contributed by atoms with Crippen LogP contribution in [-0.4, -0.2) is 23.3 Å². The molecule has 1 N–H and O–H groups in total. The van der Waals surface area contributed by atoms with E-state index in [-0.39, 0.29) is 0 Å². The molecule has 0 bridgehead atoms. The fourth-order valence-corrected chi connectivity index (χ4v) is 2.25. The van der Waals surface area contributed by atoms with Crippen LogP contribution >= 0.6 is 0 Å². The van der Waals surface area contributed by atoms with Crippen molar-refractivity contribution in [3.8, 4) is 0 Å². The Morgan fingerprint density at radius 3 is 2.36 bits per heavy atom. The van der Waals surface area contributed by atoms with Crippen molar-refractivity contribution in [3.63, 3.8) is 0 Å². The molecule has 1 saturated carbocycles. The minimum atomic E-state index is -0.875. The van der Waals surface area contributed by atoms with E-state index in [1.54, 1.807) is 0 Å². The van der Waals surface area contributed by atoms with Crippen molar-refractivity contribution in [2.75, 3.05) is 6.61 Å². The summed E-state index contributed by atoms with van der Waals surface area (Å²) in [7, 11) is 0. The Bertz CT molecular complexity index is 193. The molecule has 14 heavy (non-hydrogen) atoms. The molecule has 0 aliphatic heterocycles. The van der Waals surface area contributed by atoms with Crippen molar-refractivity contribution in [1.29, 1.82) is 0 Å². The third kappa shape index (κ3) is 2.27. The summed E-state index contributed by atoms with van der Waals surface area (Å²) in [6, 6.07) is 0. The van der Waals surface area contributed by atoms with E-state index >= 15 is 0 Å². The number of hydrogen-bond donors (Lipinski definition) is 1. The smallest absolute Gasteiger partial charge is 0.335 e. The van der Waals surface area contributed by atoms with Crippen LogP contribution in [0.1, 0.15) is 46.0 Å². The van der Waals surface area contributed by atoms with Crippen LogP contribution in [0.4, 0.5) is 0 Å². The number of carboxylic acids is 1. The molecule has 0 aromatic carbocycles. The molecular formula is C11H20O3. The Morgan fingerprint density at radius 1 is 1.43 bits per heavy atom. The maximum atomic E-state index is 11.1. The lowest BCUT2D eigenvalue weighted by atomic mass is 9.77. The van der Waals surface area contributed by atoms with E-state index in [1.165, 1.54) is 0 Å². The molecule has 0 saturated heterocycles. The summed E-state index contributed by atoms with van der Waals surface area (Å²) in [5.74, 6) is -0.0863. The van der Waals surface area contributed by atoms with Crippen molar-refractivity contribution in [1.82, 2.24) is 0 Å². The van der Waals surface area contributed by atoms with Crippen molar-refractivity contribution < 1.29 is 14.6 Å². The van der Waals surface area contributed by atoms with Gasteiger partial charge in [-0.3, -0.25) is 0 Å². The molecule has 0 amide bonds. The van der Waals surface area contributed by atoms with Crippen LogP contribution in [-0.2, 0) is 9.53 Å². The normalized spacial score (nSPS) is 32.9. The van der Waals surface area contributed by atoms with Gasteiger partial charge in [-0.2, -0.15) is 0 Å². The van der Waals surface area contributed by atoms with Gasteiger partial charge in [0.25, 0.3) is 0 Å². The fourth-order valence-electron chi connectivity index (χ4n) is 2.25. The van der Waals surface area contributed by atoms with Crippen LogP contribution in [0.5, 0.6) is 0 Å². The average molecular weight is 200 g/mol. The Kier molecular flexibility index (Phi) is 3.93. The number of aliphatic carboxylic acids is 1. The second kappa shape index (κ2) is 4.78. The highest BCUT2D eigenvalue weighted by atomic mass is 16.5. The highest BCUT2D eigenvalue weighted by Crippen LogP contribution is 2.36. The van der Waals surface area contributed by atoms with Crippen molar-refractivity contribution in [3.05, 3.63) is 0 Å². The zero-order chi connectivity index (χ0) is 10.6. The minimum Gasteiger partial charge on any atom is -0.479 e. The Morgan fingerprint density at radius 2 is 2.00 bits per heavy atom. The molecule has 3 heteroatoms. The predicted octanol–water partition coefficient (Wildman–Crippen LogP) is 2.45. The van der Waals surface area contributed by atoms with Gasteiger partial charge in [-0.05, 0) is 38.5 Å². The number of carboxylic acid groups (broad SMARTS) is 1. The van der Waals surface area contributed by atoms with Gasteiger partial charge in [0, 0.05) is 6.61 Å².